The van der Waals surface area contributed by atoms with Gasteiger partial charge < -0.3 is 14.7 Å². The molecule has 1 amide bonds. The topological polar surface area (TPSA) is 75.6 Å². The third-order valence-corrected chi connectivity index (χ3v) is 5.94. The Labute approximate surface area is 182 Å². The quantitative estimate of drug-likeness (QED) is 0.691. The number of nitrogens with zero attached hydrogens (tertiary/aromatic N) is 3. The number of β-amino-alcohol motifs (C(OH)–C–C–N with tert-alkyl or cyclic N) is 1. The smallest absolute Gasteiger partial charge is 0.254 e. The number of likely N-dealkylation sites (tertiary alicyclic amines) is 1. The molecule has 31 heavy (non-hydrogen) atoms. The standard InChI is InChI=1S/C25H29N3O3/c1-15(2)18-6-5-7-20(12-18)31-24-10-11-28(14-23(24)29)25(30)19-8-9-21-22(13-19)27-17(4)16(3)26-21/h5-9,12-13,15,23-24,29H,10-11,14H2,1-4H3/t23-,24-/m1/s1. The van der Waals surface area contributed by atoms with E-state index in [0.29, 0.717) is 30.0 Å². The van der Waals surface area contributed by atoms with E-state index >= 15 is 0 Å². The van der Waals surface area contributed by atoms with E-state index in [9.17, 15) is 9.90 Å². The number of benzene rings is 2. The summed E-state index contributed by atoms with van der Waals surface area (Å²) in [5, 5.41) is 10.7. The summed E-state index contributed by atoms with van der Waals surface area (Å²) in [6.45, 7) is 8.88. The van der Waals surface area contributed by atoms with Crippen LogP contribution in [0.3, 0.4) is 0 Å². The van der Waals surface area contributed by atoms with Crippen LogP contribution in [0.15, 0.2) is 42.5 Å². The van der Waals surface area contributed by atoms with Crippen molar-refractivity contribution in [3.63, 3.8) is 0 Å². The molecule has 1 aliphatic rings. The number of hydrogen-bond acceptors (Lipinski definition) is 5. The molecule has 2 aromatic carbocycles. The highest BCUT2D eigenvalue weighted by molar-refractivity contribution is 5.97. The van der Waals surface area contributed by atoms with E-state index in [-0.39, 0.29) is 18.6 Å². The molecule has 2 heterocycles. The molecule has 1 aliphatic heterocycles. The van der Waals surface area contributed by atoms with Crippen molar-refractivity contribution < 1.29 is 14.6 Å². The summed E-state index contributed by atoms with van der Waals surface area (Å²) in [6.07, 6.45) is -0.505. The number of carbonyl (C=O) groups is 1. The van der Waals surface area contributed by atoms with Gasteiger partial charge in [0, 0.05) is 18.5 Å². The number of aromatic nitrogens is 2. The van der Waals surface area contributed by atoms with Gasteiger partial charge in [0.15, 0.2) is 0 Å². The highest BCUT2D eigenvalue weighted by atomic mass is 16.5. The van der Waals surface area contributed by atoms with Gasteiger partial charge in [-0.25, -0.2) is 9.97 Å². The van der Waals surface area contributed by atoms with Crippen molar-refractivity contribution in [1.82, 2.24) is 14.9 Å². The predicted octanol–water partition coefficient (Wildman–Crippen LogP) is 4.02. The molecule has 0 aliphatic carbocycles. The van der Waals surface area contributed by atoms with Crippen LogP contribution in [0.2, 0.25) is 0 Å². The van der Waals surface area contributed by atoms with Gasteiger partial charge in [0.25, 0.3) is 5.91 Å². The molecule has 1 N–H and O–H groups in total. The molecular weight excluding hydrogens is 390 g/mol. The summed E-state index contributed by atoms with van der Waals surface area (Å²) in [6, 6.07) is 13.4. The molecule has 2 atom stereocenters. The van der Waals surface area contributed by atoms with Gasteiger partial charge in [-0.1, -0.05) is 26.0 Å². The Morgan fingerprint density at radius 2 is 1.84 bits per heavy atom. The molecule has 6 heteroatoms. The second-order valence-corrected chi connectivity index (χ2v) is 8.59. The van der Waals surface area contributed by atoms with Gasteiger partial charge in [0.1, 0.15) is 18.0 Å². The van der Waals surface area contributed by atoms with Crippen molar-refractivity contribution in [3.8, 4) is 5.75 Å². The summed E-state index contributed by atoms with van der Waals surface area (Å²) in [5.41, 5.74) is 4.97. The number of carbonyl (C=O) groups excluding carboxylic acids is 1. The largest absolute Gasteiger partial charge is 0.488 e. The summed E-state index contributed by atoms with van der Waals surface area (Å²) in [5.74, 6) is 1.06. The van der Waals surface area contributed by atoms with Gasteiger partial charge in [-0.15, -0.1) is 0 Å². The van der Waals surface area contributed by atoms with Crippen molar-refractivity contribution in [2.75, 3.05) is 13.1 Å². The Kier molecular flexibility index (Phi) is 5.92. The van der Waals surface area contributed by atoms with Gasteiger partial charge in [-0.05, 0) is 55.7 Å². The Hall–Kier alpha value is -2.99. The number of hydrogen-bond donors (Lipinski definition) is 1. The van der Waals surface area contributed by atoms with Crippen LogP contribution in [0.5, 0.6) is 5.75 Å². The van der Waals surface area contributed by atoms with E-state index in [4.69, 9.17) is 4.74 Å². The Morgan fingerprint density at radius 1 is 1.10 bits per heavy atom. The molecule has 1 fully saturated rings. The van der Waals surface area contributed by atoms with Crippen LogP contribution in [-0.2, 0) is 0 Å². The fraction of sp³-hybridized carbons (Fsp3) is 0.400. The minimum absolute atomic E-state index is 0.110. The van der Waals surface area contributed by atoms with Crippen LogP contribution in [-0.4, -0.2) is 51.2 Å². The highest BCUT2D eigenvalue weighted by Crippen LogP contribution is 2.25. The van der Waals surface area contributed by atoms with E-state index in [1.165, 1.54) is 5.56 Å². The third-order valence-electron chi connectivity index (χ3n) is 5.94. The normalized spacial score (nSPS) is 19.1. The number of aliphatic hydroxyl groups is 1. The lowest BCUT2D eigenvalue weighted by molar-refractivity contribution is -0.0199. The molecule has 0 spiro atoms. The van der Waals surface area contributed by atoms with Gasteiger partial charge in [0.2, 0.25) is 0 Å². The van der Waals surface area contributed by atoms with Crippen LogP contribution >= 0.6 is 0 Å². The number of aliphatic hydroxyl groups excluding tert-OH is 1. The van der Waals surface area contributed by atoms with Gasteiger partial charge in [-0.2, -0.15) is 0 Å². The van der Waals surface area contributed by atoms with Crippen molar-refractivity contribution in [3.05, 3.63) is 65.0 Å². The minimum Gasteiger partial charge on any atom is -0.488 e. The fourth-order valence-corrected chi connectivity index (χ4v) is 3.90. The van der Waals surface area contributed by atoms with Crippen molar-refractivity contribution in [2.45, 2.75) is 52.2 Å². The third kappa shape index (κ3) is 4.54. The maximum absolute atomic E-state index is 13.1. The second kappa shape index (κ2) is 8.63. The van der Waals surface area contributed by atoms with Crippen LogP contribution in [0.4, 0.5) is 0 Å². The first-order valence-electron chi connectivity index (χ1n) is 10.8. The first-order valence-corrected chi connectivity index (χ1v) is 10.8. The van der Waals surface area contributed by atoms with Crippen LogP contribution in [0, 0.1) is 13.8 Å². The van der Waals surface area contributed by atoms with Crippen LogP contribution in [0.25, 0.3) is 11.0 Å². The molecule has 0 saturated carbocycles. The molecular formula is C25H29N3O3. The number of rotatable bonds is 4. The van der Waals surface area contributed by atoms with Gasteiger partial charge in [0.05, 0.1) is 29.0 Å². The van der Waals surface area contributed by atoms with Crippen LogP contribution in [0.1, 0.15) is 53.5 Å². The molecule has 0 unspecified atom stereocenters. The lowest BCUT2D eigenvalue weighted by atomic mass is 10.0. The first kappa shape index (κ1) is 21.2. The van der Waals surface area contributed by atoms with E-state index in [2.05, 4.69) is 29.9 Å². The van der Waals surface area contributed by atoms with Crippen molar-refractivity contribution in [1.29, 1.82) is 0 Å². The average Bonchev–Trinajstić information content (AvgIpc) is 2.75. The zero-order valence-corrected chi connectivity index (χ0v) is 18.5. The predicted molar refractivity (Wildman–Crippen MR) is 120 cm³/mol. The lowest BCUT2D eigenvalue weighted by Crippen LogP contribution is -2.51. The summed E-state index contributed by atoms with van der Waals surface area (Å²) in [7, 11) is 0. The first-order chi connectivity index (χ1) is 14.8. The van der Waals surface area contributed by atoms with Crippen molar-refractivity contribution in [2.24, 2.45) is 0 Å². The molecule has 1 aromatic heterocycles. The highest BCUT2D eigenvalue weighted by Gasteiger charge is 2.32. The minimum atomic E-state index is -0.745. The molecule has 6 nitrogen and oxygen atoms in total. The van der Waals surface area contributed by atoms with Gasteiger partial charge in [-0.3, -0.25) is 4.79 Å². The number of piperidine rings is 1. The molecule has 4 rings (SSSR count). The Bertz CT molecular complexity index is 1110. The Balaban J connectivity index is 1.44. The fourth-order valence-electron chi connectivity index (χ4n) is 3.90. The van der Waals surface area contributed by atoms with E-state index < -0.39 is 6.10 Å². The molecule has 162 valence electrons. The SMILES string of the molecule is Cc1nc2ccc(C(=O)N3CC[C@@H](Oc4cccc(C(C)C)c4)[C@H](O)C3)cc2nc1C. The van der Waals surface area contributed by atoms with E-state index in [1.807, 2.05) is 38.1 Å². The average molecular weight is 420 g/mol. The molecule has 0 bridgehead atoms. The van der Waals surface area contributed by atoms with E-state index in [1.54, 1.807) is 17.0 Å². The maximum atomic E-state index is 13.1. The maximum Gasteiger partial charge on any atom is 0.254 e. The number of fused-ring (bicyclic) bond motifs is 1. The Morgan fingerprint density at radius 3 is 2.55 bits per heavy atom. The molecule has 0 radical (unpaired) electrons. The van der Waals surface area contributed by atoms with Crippen molar-refractivity contribution >= 4 is 16.9 Å². The van der Waals surface area contributed by atoms with Gasteiger partial charge >= 0.3 is 0 Å². The monoisotopic (exact) mass is 419 g/mol. The van der Waals surface area contributed by atoms with E-state index in [0.717, 1.165) is 22.7 Å². The lowest BCUT2D eigenvalue weighted by Gasteiger charge is -2.36. The zero-order valence-electron chi connectivity index (χ0n) is 18.5. The summed E-state index contributed by atoms with van der Waals surface area (Å²) >= 11 is 0. The zero-order chi connectivity index (χ0) is 22.1. The van der Waals surface area contributed by atoms with Crippen LogP contribution < -0.4 is 4.74 Å². The number of ether oxygens (including phenoxy) is 1. The second-order valence-electron chi connectivity index (χ2n) is 8.59. The molecule has 3 aromatic rings. The summed E-state index contributed by atoms with van der Waals surface area (Å²) < 4.78 is 6.07. The summed E-state index contributed by atoms with van der Waals surface area (Å²) in [4.78, 5) is 23.8. The molecule has 1 saturated heterocycles. The number of amides is 1. The number of aryl methyl sites for hydroxylation is 2.